The molecule has 1 saturated carbocycles. The van der Waals surface area contributed by atoms with Gasteiger partial charge in [0.25, 0.3) is 0 Å². The largest absolute Gasteiger partial charge is 0.459 e. The monoisotopic (exact) mass is 268 g/mol. The smallest absolute Gasteiger partial charge is 0.303 e. The van der Waals surface area contributed by atoms with Crippen LogP contribution in [0, 0.1) is 0 Å². The summed E-state index contributed by atoms with van der Waals surface area (Å²) in [5, 5.41) is 0.666. The van der Waals surface area contributed by atoms with Crippen molar-refractivity contribution in [3.8, 4) is 0 Å². The Bertz CT molecular complexity index is 475. The Labute approximate surface area is 110 Å². The van der Waals surface area contributed by atoms with Gasteiger partial charge in [0.05, 0.1) is 0 Å². The third-order valence-electron chi connectivity index (χ3n) is 3.05. The van der Waals surface area contributed by atoms with Gasteiger partial charge in [-0.2, -0.15) is 0 Å². The summed E-state index contributed by atoms with van der Waals surface area (Å²) in [7, 11) is 0. The zero-order valence-electron chi connectivity index (χ0n) is 10.1. The van der Waals surface area contributed by atoms with Gasteiger partial charge >= 0.3 is 5.97 Å². The Balaban J connectivity index is 2.10. The van der Waals surface area contributed by atoms with Gasteiger partial charge in [0.2, 0.25) is 0 Å². The molecule has 0 spiro atoms. The molecular weight excluding hydrogens is 255 g/mol. The standard InChI is InChI=1S/C14H14ClFO2/c1-10(17)18-9-13(16)8-14(6-7-14)11-2-4-12(15)5-3-11/h2-5,8H,6-7,9H2,1H3/b13-8-. The molecule has 0 atom stereocenters. The van der Waals surface area contributed by atoms with Crippen LogP contribution >= 0.6 is 11.6 Å². The van der Waals surface area contributed by atoms with Crippen molar-refractivity contribution in [1.29, 1.82) is 0 Å². The van der Waals surface area contributed by atoms with E-state index in [9.17, 15) is 9.18 Å². The summed E-state index contributed by atoms with van der Waals surface area (Å²) in [4.78, 5) is 10.6. The van der Waals surface area contributed by atoms with E-state index in [1.54, 1.807) is 18.2 Å². The third-order valence-corrected chi connectivity index (χ3v) is 3.31. The van der Waals surface area contributed by atoms with Crippen LogP contribution in [0.3, 0.4) is 0 Å². The fourth-order valence-electron chi connectivity index (χ4n) is 1.94. The summed E-state index contributed by atoms with van der Waals surface area (Å²) in [6.45, 7) is 0.976. The number of allylic oxidation sites excluding steroid dienone is 1. The van der Waals surface area contributed by atoms with Crippen LogP contribution < -0.4 is 0 Å². The number of ether oxygens (including phenoxy) is 1. The highest BCUT2D eigenvalue weighted by Gasteiger charge is 2.42. The molecule has 0 amide bonds. The summed E-state index contributed by atoms with van der Waals surface area (Å²) in [6, 6.07) is 7.42. The van der Waals surface area contributed by atoms with E-state index in [4.69, 9.17) is 11.6 Å². The molecule has 1 fully saturated rings. The van der Waals surface area contributed by atoms with E-state index in [0.717, 1.165) is 18.4 Å². The number of hydrogen-bond donors (Lipinski definition) is 0. The normalized spacial score (nSPS) is 17.4. The lowest BCUT2D eigenvalue weighted by Crippen LogP contribution is -2.06. The number of esters is 1. The molecule has 4 heteroatoms. The number of halogens is 2. The number of carbonyl (C=O) groups excluding carboxylic acids is 1. The minimum atomic E-state index is -0.477. The van der Waals surface area contributed by atoms with Crippen molar-refractivity contribution in [1.82, 2.24) is 0 Å². The Kier molecular flexibility index (Phi) is 3.71. The Morgan fingerprint density at radius 3 is 2.56 bits per heavy atom. The fraction of sp³-hybridized carbons (Fsp3) is 0.357. The Morgan fingerprint density at radius 1 is 1.44 bits per heavy atom. The molecule has 96 valence electrons. The van der Waals surface area contributed by atoms with Crippen molar-refractivity contribution in [2.45, 2.75) is 25.2 Å². The molecule has 18 heavy (non-hydrogen) atoms. The van der Waals surface area contributed by atoms with Crippen molar-refractivity contribution in [2.75, 3.05) is 6.61 Å². The molecule has 0 unspecified atom stereocenters. The highest BCUT2D eigenvalue weighted by atomic mass is 35.5. The van der Waals surface area contributed by atoms with Gasteiger partial charge in [0.1, 0.15) is 12.4 Å². The topological polar surface area (TPSA) is 26.3 Å². The molecule has 0 radical (unpaired) electrons. The van der Waals surface area contributed by atoms with Gasteiger partial charge in [-0.3, -0.25) is 4.79 Å². The van der Waals surface area contributed by atoms with Gasteiger partial charge in [0, 0.05) is 17.4 Å². The molecule has 0 aromatic heterocycles. The van der Waals surface area contributed by atoms with Gasteiger partial charge in [-0.25, -0.2) is 4.39 Å². The lowest BCUT2D eigenvalue weighted by atomic mass is 9.95. The molecule has 0 saturated heterocycles. The highest BCUT2D eigenvalue weighted by molar-refractivity contribution is 6.30. The number of hydrogen-bond acceptors (Lipinski definition) is 2. The van der Waals surface area contributed by atoms with Crippen molar-refractivity contribution < 1.29 is 13.9 Å². The van der Waals surface area contributed by atoms with Crippen molar-refractivity contribution in [2.24, 2.45) is 0 Å². The maximum Gasteiger partial charge on any atom is 0.303 e. The number of rotatable bonds is 4. The maximum absolute atomic E-state index is 13.6. The molecule has 1 aromatic carbocycles. The predicted molar refractivity (Wildman–Crippen MR) is 68.2 cm³/mol. The van der Waals surface area contributed by atoms with Crippen LogP contribution in [-0.4, -0.2) is 12.6 Å². The van der Waals surface area contributed by atoms with Gasteiger partial charge in [-0.05, 0) is 36.6 Å². The molecule has 1 aliphatic rings. The second-order valence-corrected chi connectivity index (χ2v) is 4.97. The zero-order valence-corrected chi connectivity index (χ0v) is 10.8. The van der Waals surface area contributed by atoms with E-state index in [0.29, 0.717) is 5.02 Å². The van der Waals surface area contributed by atoms with E-state index in [2.05, 4.69) is 4.74 Å². The minimum Gasteiger partial charge on any atom is -0.459 e. The van der Waals surface area contributed by atoms with Crippen molar-refractivity contribution >= 4 is 17.6 Å². The number of carbonyl (C=O) groups is 1. The van der Waals surface area contributed by atoms with Crippen LogP contribution in [0.4, 0.5) is 4.39 Å². The molecular formula is C14H14ClFO2. The van der Waals surface area contributed by atoms with Gasteiger partial charge in [-0.15, -0.1) is 0 Å². The molecule has 0 N–H and O–H groups in total. The summed E-state index contributed by atoms with van der Waals surface area (Å²) in [5.74, 6) is -0.882. The van der Waals surface area contributed by atoms with Crippen molar-refractivity contribution in [3.63, 3.8) is 0 Å². The van der Waals surface area contributed by atoms with Crippen LogP contribution in [0.25, 0.3) is 0 Å². The predicted octanol–water partition coefficient (Wildman–Crippen LogP) is 3.79. The van der Waals surface area contributed by atoms with E-state index in [1.165, 1.54) is 6.92 Å². The average Bonchev–Trinajstić information content (AvgIpc) is 3.08. The summed E-state index contributed by atoms with van der Waals surface area (Å²) in [6.07, 6.45) is 3.36. The SMILES string of the molecule is CC(=O)OC/C(F)=C/C1(c2ccc(Cl)cc2)CC1. The molecule has 0 aliphatic heterocycles. The Hall–Kier alpha value is -1.35. The van der Waals surface area contributed by atoms with Crippen LogP contribution in [0.2, 0.25) is 5.02 Å². The molecule has 0 heterocycles. The molecule has 2 nitrogen and oxygen atoms in total. The third kappa shape index (κ3) is 3.10. The minimum absolute atomic E-state index is 0.241. The van der Waals surface area contributed by atoms with E-state index in [1.807, 2.05) is 12.1 Å². The fourth-order valence-corrected chi connectivity index (χ4v) is 2.07. The highest BCUT2D eigenvalue weighted by Crippen LogP contribution is 2.50. The second-order valence-electron chi connectivity index (χ2n) is 4.53. The van der Waals surface area contributed by atoms with Crippen LogP contribution in [0.15, 0.2) is 36.2 Å². The van der Waals surface area contributed by atoms with Gasteiger partial charge in [-0.1, -0.05) is 23.7 Å². The Morgan fingerprint density at radius 2 is 2.06 bits per heavy atom. The molecule has 0 bridgehead atoms. The zero-order chi connectivity index (χ0) is 13.2. The van der Waals surface area contributed by atoms with E-state index in [-0.39, 0.29) is 12.0 Å². The first-order valence-corrected chi connectivity index (χ1v) is 6.16. The van der Waals surface area contributed by atoms with Crippen molar-refractivity contribution in [3.05, 3.63) is 46.8 Å². The first-order valence-electron chi connectivity index (χ1n) is 5.78. The average molecular weight is 269 g/mol. The quantitative estimate of drug-likeness (QED) is 0.777. The van der Waals surface area contributed by atoms with Crippen LogP contribution in [0.5, 0.6) is 0 Å². The summed E-state index contributed by atoms with van der Waals surface area (Å²) >= 11 is 5.83. The molecule has 1 aliphatic carbocycles. The second kappa shape index (κ2) is 5.11. The first kappa shape index (κ1) is 13.1. The van der Waals surface area contributed by atoms with E-state index < -0.39 is 11.8 Å². The van der Waals surface area contributed by atoms with Crippen LogP contribution in [0.1, 0.15) is 25.3 Å². The summed E-state index contributed by atoms with van der Waals surface area (Å²) < 4.78 is 18.3. The molecule has 2 rings (SSSR count). The lowest BCUT2D eigenvalue weighted by molar-refractivity contribution is -0.140. The van der Waals surface area contributed by atoms with E-state index >= 15 is 0 Å². The van der Waals surface area contributed by atoms with Gasteiger partial charge < -0.3 is 4.74 Å². The molecule has 1 aromatic rings. The lowest BCUT2D eigenvalue weighted by Gasteiger charge is -2.11. The van der Waals surface area contributed by atoms with Gasteiger partial charge in [0.15, 0.2) is 0 Å². The first-order chi connectivity index (χ1) is 8.52. The maximum atomic E-state index is 13.6. The summed E-state index contributed by atoms with van der Waals surface area (Å²) in [5.41, 5.74) is 0.805. The van der Waals surface area contributed by atoms with Crippen LogP contribution in [-0.2, 0) is 14.9 Å². The number of benzene rings is 1.